The average molecular weight is 444 g/mol. The van der Waals surface area contributed by atoms with Crippen LogP contribution < -0.4 is 10.1 Å². The first kappa shape index (κ1) is 21.4. The second-order valence-electron chi connectivity index (χ2n) is 8.61. The number of fused-ring (bicyclic) bond motifs is 1. The number of nitrogens with one attached hydrogen (secondary N) is 1. The molecule has 4 aromatic rings. The quantitative estimate of drug-likeness (QED) is 0.463. The van der Waals surface area contributed by atoms with Crippen LogP contribution >= 0.6 is 0 Å². The number of rotatable bonds is 6. The van der Waals surface area contributed by atoms with Crippen molar-refractivity contribution < 1.29 is 9.47 Å². The van der Waals surface area contributed by atoms with Crippen LogP contribution in [0.25, 0.3) is 22.3 Å². The Kier molecular flexibility index (Phi) is 5.96. The smallest absolute Gasteiger partial charge is 0.138 e. The van der Waals surface area contributed by atoms with E-state index in [9.17, 15) is 0 Å². The van der Waals surface area contributed by atoms with Crippen molar-refractivity contribution in [2.45, 2.75) is 39.3 Å². The molecule has 0 bridgehead atoms. The van der Waals surface area contributed by atoms with Gasteiger partial charge in [0.25, 0.3) is 0 Å². The van der Waals surface area contributed by atoms with E-state index in [0.717, 1.165) is 76.7 Å². The minimum Gasteiger partial charge on any atom is -0.497 e. The summed E-state index contributed by atoms with van der Waals surface area (Å²) in [5.74, 6) is 1.72. The number of anilines is 1. The van der Waals surface area contributed by atoms with Crippen molar-refractivity contribution in [3.05, 3.63) is 65.5 Å². The lowest BCUT2D eigenvalue weighted by Gasteiger charge is -2.24. The summed E-state index contributed by atoms with van der Waals surface area (Å²) in [5.41, 5.74) is 6.01. The van der Waals surface area contributed by atoms with Crippen molar-refractivity contribution in [3.63, 3.8) is 0 Å². The standard InChI is InChI=1S/C26H29N5O2/c1-17-8-11-27-22(14-17)25-24-23(31(30-25)16-19-4-6-21(32-3)7-5-19)15-18(2)28-26(24)29-20-9-12-33-13-10-20/h4-8,11,14-15,20H,9-10,12-13,16H2,1-3H3,(H,28,29). The second-order valence-corrected chi connectivity index (χ2v) is 8.61. The zero-order chi connectivity index (χ0) is 22.8. The molecule has 1 fully saturated rings. The third-order valence-corrected chi connectivity index (χ3v) is 6.07. The Balaban J connectivity index is 1.63. The highest BCUT2D eigenvalue weighted by Gasteiger charge is 2.22. The first-order valence-electron chi connectivity index (χ1n) is 11.4. The van der Waals surface area contributed by atoms with Crippen LogP contribution in [0.3, 0.4) is 0 Å². The van der Waals surface area contributed by atoms with Crippen molar-refractivity contribution in [1.29, 1.82) is 0 Å². The van der Waals surface area contributed by atoms with E-state index in [0.29, 0.717) is 12.6 Å². The number of hydrogen-bond acceptors (Lipinski definition) is 6. The van der Waals surface area contributed by atoms with Gasteiger partial charge in [-0.15, -0.1) is 0 Å². The summed E-state index contributed by atoms with van der Waals surface area (Å²) >= 11 is 0. The molecular weight excluding hydrogens is 414 g/mol. The summed E-state index contributed by atoms with van der Waals surface area (Å²) in [5, 5.41) is 9.76. The van der Waals surface area contributed by atoms with E-state index >= 15 is 0 Å². The molecule has 0 saturated carbocycles. The molecule has 0 atom stereocenters. The first-order chi connectivity index (χ1) is 16.1. The largest absolute Gasteiger partial charge is 0.497 e. The van der Waals surface area contributed by atoms with E-state index in [1.807, 2.05) is 31.3 Å². The Morgan fingerprint density at radius 2 is 1.88 bits per heavy atom. The molecule has 0 amide bonds. The molecule has 1 aliphatic rings. The maximum Gasteiger partial charge on any atom is 0.138 e. The zero-order valence-electron chi connectivity index (χ0n) is 19.3. The number of aromatic nitrogens is 4. The maximum atomic E-state index is 5.55. The number of pyridine rings is 2. The van der Waals surface area contributed by atoms with Crippen LogP contribution in [-0.2, 0) is 11.3 Å². The SMILES string of the molecule is COc1ccc(Cn2nc(-c3cc(C)ccn3)c3c(NC4CCOCC4)nc(C)cc32)cc1. The Bertz CT molecular complexity index is 1260. The molecule has 0 spiro atoms. The topological polar surface area (TPSA) is 74.1 Å². The number of nitrogens with zero attached hydrogens (tertiary/aromatic N) is 4. The van der Waals surface area contributed by atoms with Gasteiger partial charge in [0.05, 0.1) is 30.3 Å². The fraction of sp³-hybridized carbons (Fsp3) is 0.346. The minimum atomic E-state index is 0.333. The Morgan fingerprint density at radius 3 is 2.61 bits per heavy atom. The fourth-order valence-corrected chi connectivity index (χ4v) is 4.33. The van der Waals surface area contributed by atoms with Gasteiger partial charge >= 0.3 is 0 Å². The van der Waals surface area contributed by atoms with Crippen LogP contribution in [-0.4, -0.2) is 46.1 Å². The summed E-state index contributed by atoms with van der Waals surface area (Å²) in [4.78, 5) is 9.54. The van der Waals surface area contributed by atoms with Gasteiger partial charge in [-0.2, -0.15) is 5.10 Å². The number of aryl methyl sites for hydroxylation is 2. The molecule has 1 aliphatic heterocycles. The molecule has 1 N–H and O–H groups in total. The lowest BCUT2D eigenvalue weighted by molar-refractivity contribution is 0.0904. The highest BCUT2D eigenvalue weighted by Crippen LogP contribution is 2.34. The average Bonchev–Trinajstić information content (AvgIpc) is 3.18. The van der Waals surface area contributed by atoms with Crippen molar-refractivity contribution in [2.24, 2.45) is 0 Å². The van der Waals surface area contributed by atoms with Crippen LogP contribution in [0.4, 0.5) is 5.82 Å². The monoisotopic (exact) mass is 443 g/mol. The lowest BCUT2D eigenvalue weighted by atomic mass is 10.1. The van der Waals surface area contributed by atoms with Gasteiger partial charge < -0.3 is 14.8 Å². The molecule has 5 rings (SSSR count). The molecule has 0 aliphatic carbocycles. The minimum absolute atomic E-state index is 0.333. The molecule has 0 radical (unpaired) electrons. The van der Waals surface area contributed by atoms with E-state index in [2.05, 4.69) is 46.2 Å². The van der Waals surface area contributed by atoms with Crippen LogP contribution in [0.2, 0.25) is 0 Å². The number of benzene rings is 1. The third kappa shape index (κ3) is 4.54. The van der Waals surface area contributed by atoms with E-state index in [1.54, 1.807) is 7.11 Å². The van der Waals surface area contributed by atoms with Gasteiger partial charge in [0.1, 0.15) is 17.3 Å². The van der Waals surface area contributed by atoms with E-state index in [4.69, 9.17) is 19.6 Å². The summed E-state index contributed by atoms with van der Waals surface area (Å²) in [6.07, 6.45) is 3.77. The second kappa shape index (κ2) is 9.19. The Morgan fingerprint density at radius 1 is 1.09 bits per heavy atom. The highest BCUT2D eigenvalue weighted by atomic mass is 16.5. The summed E-state index contributed by atoms with van der Waals surface area (Å²) in [7, 11) is 1.68. The summed E-state index contributed by atoms with van der Waals surface area (Å²) < 4.78 is 12.9. The molecule has 4 heterocycles. The first-order valence-corrected chi connectivity index (χ1v) is 11.4. The van der Waals surface area contributed by atoms with E-state index in [1.165, 1.54) is 0 Å². The van der Waals surface area contributed by atoms with Crippen LogP contribution in [0.15, 0.2) is 48.7 Å². The molecule has 33 heavy (non-hydrogen) atoms. The number of ether oxygens (including phenoxy) is 2. The molecule has 1 saturated heterocycles. The predicted octanol–water partition coefficient (Wildman–Crippen LogP) is 4.76. The van der Waals surface area contributed by atoms with Gasteiger partial charge in [-0.1, -0.05) is 12.1 Å². The van der Waals surface area contributed by atoms with Crippen molar-refractivity contribution in [1.82, 2.24) is 19.7 Å². The molecule has 0 unspecified atom stereocenters. The van der Waals surface area contributed by atoms with Crippen LogP contribution in [0, 0.1) is 13.8 Å². The van der Waals surface area contributed by atoms with E-state index in [-0.39, 0.29) is 0 Å². The molecule has 7 heteroatoms. The van der Waals surface area contributed by atoms with Crippen LogP contribution in [0.5, 0.6) is 5.75 Å². The molecule has 7 nitrogen and oxygen atoms in total. The summed E-state index contributed by atoms with van der Waals surface area (Å²) in [6, 6.07) is 14.6. The van der Waals surface area contributed by atoms with Gasteiger partial charge in [-0.25, -0.2) is 4.98 Å². The zero-order valence-corrected chi connectivity index (χ0v) is 19.3. The van der Waals surface area contributed by atoms with Crippen molar-refractivity contribution in [3.8, 4) is 17.1 Å². The lowest BCUT2D eigenvalue weighted by Crippen LogP contribution is -2.28. The maximum absolute atomic E-state index is 5.55. The number of methoxy groups -OCH3 is 1. The molecular formula is C26H29N5O2. The number of hydrogen-bond donors (Lipinski definition) is 1. The van der Waals surface area contributed by atoms with Gasteiger partial charge in [0, 0.05) is 31.1 Å². The highest BCUT2D eigenvalue weighted by molar-refractivity contribution is 6.00. The molecule has 1 aromatic carbocycles. The van der Waals surface area contributed by atoms with Crippen molar-refractivity contribution in [2.75, 3.05) is 25.6 Å². The molecule has 3 aromatic heterocycles. The molecule has 170 valence electrons. The van der Waals surface area contributed by atoms with Gasteiger partial charge in [0.15, 0.2) is 0 Å². The Labute approximate surface area is 193 Å². The van der Waals surface area contributed by atoms with Gasteiger partial charge in [0.2, 0.25) is 0 Å². The fourth-order valence-electron chi connectivity index (χ4n) is 4.33. The van der Waals surface area contributed by atoms with Gasteiger partial charge in [-0.05, 0) is 68.1 Å². The predicted molar refractivity (Wildman–Crippen MR) is 130 cm³/mol. The third-order valence-electron chi connectivity index (χ3n) is 6.07. The normalized spacial score (nSPS) is 14.5. The van der Waals surface area contributed by atoms with E-state index < -0.39 is 0 Å². The summed E-state index contributed by atoms with van der Waals surface area (Å²) in [6.45, 7) is 6.30. The van der Waals surface area contributed by atoms with Crippen molar-refractivity contribution >= 4 is 16.7 Å². The van der Waals surface area contributed by atoms with Gasteiger partial charge in [-0.3, -0.25) is 9.67 Å². The van der Waals surface area contributed by atoms with Crippen LogP contribution in [0.1, 0.15) is 29.7 Å². The Hall–Kier alpha value is -3.45.